The summed E-state index contributed by atoms with van der Waals surface area (Å²) in [5.74, 6) is 0.958. The van der Waals surface area contributed by atoms with E-state index >= 15 is 0 Å². The third-order valence-corrected chi connectivity index (χ3v) is 3.34. The number of hydrogen-bond donors (Lipinski definition) is 1. The fourth-order valence-corrected chi connectivity index (χ4v) is 2.31. The molecule has 2 unspecified atom stereocenters. The Morgan fingerprint density at radius 1 is 1.18 bits per heavy atom. The molecule has 0 fully saturated rings. The quantitative estimate of drug-likeness (QED) is 0.757. The van der Waals surface area contributed by atoms with Gasteiger partial charge in [0.1, 0.15) is 5.82 Å². The Morgan fingerprint density at radius 3 is 2.35 bits per heavy atom. The lowest BCUT2D eigenvalue weighted by atomic mass is 9.84. The van der Waals surface area contributed by atoms with Gasteiger partial charge in [0.05, 0.1) is 0 Å². The number of rotatable bonds is 7. The molecule has 0 aliphatic heterocycles. The molecule has 2 heteroatoms. The first kappa shape index (κ1) is 14.2. The molecule has 0 aliphatic rings. The number of halogens is 1. The van der Waals surface area contributed by atoms with E-state index in [1.54, 1.807) is 12.1 Å². The topological polar surface area (TPSA) is 12.0 Å². The Morgan fingerprint density at radius 2 is 1.82 bits per heavy atom. The first-order valence-corrected chi connectivity index (χ1v) is 6.65. The van der Waals surface area contributed by atoms with Gasteiger partial charge in [0.25, 0.3) is 0 Å². The molecule has 0 radical (unpaired) electrons. The summed E-state index contributed by atoms with van der Waals surface area (Å²) in [5, 5.41) is 3.41. The SMILES string of the molecule is CCCC(C)C(CNCC)c1ccc(F)cc1. The van der Waals surface area contributed by atoms with Crippen LogP contribution in [0.2, 0.25) is 0 Å². The fraction of sp³-hybridized carbons (Fsp3) is 0.600. The molecule has 0 saturated heterocycles. The minimum Gasteiger partial charge on any atom is -0.316 e. The monoisotopic (exact) mass is 237 g/mol. The number of likely N-dealkylation sites (N-methyl/N-ethyl adjacent to an activating group) is 1. The molecule has 2 atom stereocenters. The lowest BCUT2D eigenvalue weighted by molar-refractivity contribution is 0.406. The molecule has 1 rings (SSSR count). The molecule has 0 aromatic heterocycles. The minimum absolute atomic E-state index is 0.154. The van der Waals surface area contributed by atoms with E-state index in [4.69, 9.17) is 0 Å². The molecule has 1 nitrogen and oxygen atoms in total. The molecule has 0 heterocycles. The number of benzene rings is 1. The van der Waals surface area contributed by atoms with Crippen molar-refractivity contribution < 1.29 is 4.39 Å². The van der Waals surface area contributed by atoms with Gasteiger partial charge in [0.2, 0.25) is 0 Å². The van der Waals surface area contributed by atoms with Crippen molar-refractivity contribution in [1.82, 2.24) is 5.32 Å². The minimum atomic E-state index is -0.154. The average Bonchev–Trinajstić information content (AvgIpc) is 2.32. The predicted octanol–water partition coefficient (Wildman–Crippen LogP) is 3.96. The van der Waals surface area contributed by atoms with Crippen LogP contribution < -0.4 is 5.32 Å². The van der Waals surface area contributed by atoms with Crippen molar-refractivity contribution in [3.05, 3.63) is 35.6 Å². The lowest BCUT2D eigenvalue weighted by Gasteiger charge is -2.24. The summed E-state index contributed by atoms with van der Waals surface area (Å²) < 4.78 is 12.9. The van der Waals surface area contributed by atoms with Gasteiger partial charge >= 0.3 is 0 Å². The van der Waals surface area contributed by atoms with Gasteiger partial charge in [-0.1, -0.05) is 45.7 Å². The number of hydrogen-bond acceptors (Lipinski definition) is 1. The van der Waals surface area contributed by atoms with Crippen LogP contribution in [0.5, 0.6) is 0 Å². The molecular weight excluding hydrogens is 213 g/mol. The van der Waals surface area contributed by atoms with Gasteiger partial charge in [0.15, 0.2) is 0 Å². The molecule has 0 bridgehead atoms. The summed E-state index contributed by atoms with van der Waals surface area (Å²) in [5.41, 5.74) is 1.24. The first-order valence-electron chi connectivity index (χ1n) is 6.65. The molecular formula is C15H24FN. The Bertz CT molecular complexity index is 307. The smallest absolute Gasteiger partial charge is 0.123 e. The van der Waals surface area contributed by atoms with Gasteiger partial charge in [-0.15, -0.1) is 0 Å². The maximum absolute atomic E-state index is 12.9. The van der Waals surface area contributed by atoms with E-state index in [2.05, 4.69) is 26.1 Å². The summed E-state index contributed by atoms with van der Waals surface area (Å²) in [6.07, 6.45) is 2.42. The largest absolute Gasteiger partial charge is 0.316 e. The van der Waals surface area contributed by atoms with Crippen LogP contribution in [-0.4, -0.2) is 13.1 Å². The van der Waals surface area contributed by atoms with Crippen LogP contribution in [0.4, 0.5) is 4.39 Å². The van der Waals surface area contributed by atoms with Crippen molar-refractivity contribution in [3.8, 4) is 0 Å². The van der Waals surface area contributed by atoms with Crippen molar-refractivity contribution in [2.24, 2.45) is 5.92 Å². The van der Waals surface area contributed by atoms with Crippen LogP contribution >= 0.6 is 0 Å². The lowest BCUT2D eigenvalue weighted by Crippen LogP contribution is -2.25. The molecule has 1 aromatic rings. The molecule has 0 amide bonds. The second-order valence-corrected chi connectivity index (χ2v) is 4.73. The van der Waals surface area contributed by atoms with Gasteiger partial charge < -0.3 is 5.32 Å². The molecule has 96 valence electrons. The van der Waals surface area contributed by atoms with Gasteiger partial charge in [-0.25, -0.2) is 4.39 Å². The van der Waals surface area contributed by atoms with Crippen LogP contribution in [0.3, 0.4) is 0 Å². The molecule has 0 saturated carbocycles. The van der Waals surface area contributed by atoms with Crippen LogP contribution in [0, 0.1) is 11.7 Å². The van der Waals surface area contributed by atoms with Gasteiger partial charge in [-0.2, -0.15) is 0 Å². The van der Waals surface area contributed by atoms with Crippen LogP contribution in [0.1, 0.15) is 45.1 Å². The van der Waals surface area contributed by atoms with Crippen molar-refractivity contribution in [3.63, 3.8) is 0 Å². The second kappa shape index (κ2) is 7.44. The maximum Gasteiger partial charge on any atom is 0.123 e. The summed E-state index contributed by atoms with van der Waals surface area (Å²) in [6.45, 7) is 8.58. The highest BCUT2D eigenvalue weighted by Gasteiger charge is 2.18. The fourth-order valence-electron chi connectivity index (χ4n) is 2.31. The zero-order chi connectivity index (χ0) is 12.7. The first-order chi connectivity index (χ1) is 8.19. The average molecular weight is 237 g/mol. The Kier molecular flexibility index (Phi) is 6.20. The predicted molar refractivity (Wildman–Crippen MR) is 71.8 cm³/mol. The molecule has 0 aliphatic carbocycles. The van der Waals surface area contributed by atoms with E-state index in [0.717, 1.165) is 13.1 Å². The standard InChI is InChI=1S/C15H24FN/c1-4-6-12(3)15(11-17-5-2)13-7-9-14(16)10-8-13/h7-10,12,15,17H,4-6,11H2,1-3H3. The summed E-state index contributed by atoms with van der Waals surface area (Å²) in [6, 6.07) is 6.97. The van der Waals surface area contributed by atoms with Crippen molar-refractivity contribution in [2.75, 3.05) is 13.1 Å². The van der Waals surface area contributed by atoms with E-state index in [0.29, 0.717) is 11.8 Å². The van der Waals surface area contributed by atoms with E-state index < -0.39 is 0 Å². The summed E-state index contributed by atoms with van der Waals surface area (Å²) >= 11 is 0. The van der Waals surface area contributed by atoms with Gasteiger partial charge in [-0.3, -0.25) is 0 Å². The maximum atomic E-state index is 12.9. The van der Waals surface area contributed by atoms with E-state index in [1.807, 2.05) is 12.1 Å². The Hall–Kier alpha value is -0.890. The highest BCUT2D eigenvalue weighted by molar-refractivity contribution is 5.21. The Labute approximate surface area is 104 Å². The van der Waals surface area contributed by atoms with Crippen LogP contribution in [-0.2, 0) is 0 Å². The van der Waals surface area contributed by atoms with Crippen LogP contribution in [0.25, 0.3) is 0 Å². The third-order valence-electron chi connectivity index (χ3n) is 3.34. The Balaban J connectivity index is 2.77. The van der Waals surface area contributed by atoms with Crippen molar-refractivity contribution in [2.45, 2.75) is 39.5 Å². The van der Waals surface area contributed by atoms with E-state index in [1.165, 1.54) is 18.4 Å². The van der Waals surface area contributed by atoms with Crippen molar-refractivity contribution in [1.29, 1.82) is 0 Å². The van der Waals surface area contributed by atoms with Gasteiger partial charge in [0, 0.05) is 6.54 Å². The van der Waals surface area contributed by atoms with Crippen molar-refractivity contribution >= 4 is 0 Å². The molecule has 1 aromatic carbocycles. The van der Waals surface area contributed by atoms with Crippen LogP contribution in [0.15, 0.2) is 24.3 Å². The zero-order valence-electron chi connectivity index (χ0n) is 11.2. The molecule has 1 N–H and O–H groups in total. The van der Waals surface area contributed by atoms with E-state index in [9.17, 15) is 4.39 Å². The zero-order valence-corrected chi connectivity index (χ0v) is 11.2. The highest BCUT2D eigenvalue weighted by atomic mass is 19.1. The van der Waals surface area contributed by atoms with Gasteiger partial charge in [-0.05, 0) is 36.1 Å². The molecule has 0 spiro atoms. The second-order valence-electron chi connectivity index (χ2n) is 4.73. The molecule has 17 heavy (non-hydrogen) atoms. The summed E-state index contributed by atoms with van der Waals surface area (Å²) in [4.78, 5) is 0. The third kappa shape index (κ3) is 4.47. The summed E-state index contributed by atoms with van der Waals surface area (Å²) in [7, 11) is 0. The highest BCUT2D eigenvalue weighted by Crippen LogP contribution is 2.27. The number of nitrogens with one attached hydrogen (secondary N) is 1. The van der Waals surface area contributed by atoms with E-state index in [-0.39, 0.29) is 5.82 Å². The normalized spacial score (nSPS) is 14.6.